The van der Waals surface area contributed by atoms with Crippen molar-refractivity contribution in [1.29, 1.82) is 0 Å². The third-order valence-electron chi connectivity index (χ3n) is 11.0. The van der Waals surface area contributed by atoms with Gasteiger partial charge in [-0.25, -0.2) is 0 Å². The fraction of sp³-hybridized carbons (Fsp3) is 0. The van der Waals surface area contributed by atoms with Crippen LogP contribution in [0.1, 0.15) is 0 Å². The maximum absolute atomic E-state index is 7.02. The molecule has 11 rings (SSSR count). The van der Waals surface area contributed by atoms with E-state index in [0.717, 1.165) is 66.8 Å². The van der Waals surface area contributed by atoms with E-state index in [9.17, 15) is 0 Å². The lowest BCUT2D eigenvalue weighted by Crippen LogP contribution is -2.11. The molecule has 0 aliphatic rings. The van der Waals surface area contributed by atoms with Gasteiger partial charge in [0.05, 0.1) is 11.2 Å². The number of hydrogen-bond donors (Lipinski definition) is 0. The molecule has 0 atom stereocenters. The van der Waals surface area contributed by atoms with Crippen molar-refractivity contribution >= 4 is 71.6 Å². The minimum Gasteiger partial charge on any atom is -0.453 e. The molecule has 2 aromatic heterocycles. The molecule has 0 saturated carbocycles. The Balaban J connectivity index is 1.14. The molecule has 3 nitrogen and oxygen atoms in total. The third-order valence-corrected chi connectivity index (χ3v) is 11.0. The predicted molar refractivity (Wildman–Crippen MR) is 231 cm³/mol. The van der Waals surface area contributed by atoms with Crippen LogP contribution in [0.2, 0.25) is 0 Å². The highest BCUT2D eigenvalue weighted by Gasteiger charge is 2.24. The van der Waals surface area contributed by atoms with Crippen LogP contribution >= 0.6 is 0 Å². The molecule has 0 saturated heterocycles. The van der Waals surface area contributed by atoms with E-state index in [0.29, 0.717) is 0 Å². The van der Waals surface area contributed by atoms with Crippen molar-refractivity contribution in [3.8, 4) is 27.9 Å². The van der Waals surface area contributed by atoms with Gasteiger partial charge in [0.15, 0.2) is 5.58 Å². The van der Waals surface area contributed by atoms with Crippen LogP contribution in [0, 0.1) is 0 Å². The molecule has 0 spiro atoms. The van der Waals surface area contributed by atoms with Gasteiger partial charge in [0.25, 0.3) is 0 Å². The number of anilines is 3. The Labute approximate surface area is 318 Å². The molecule has 11 aromatic rings. The topological polar surface area (TPSA) is 21.3 Å². The highest BCUT2D eigenvalue weighted by atomic mass is 16.3. The predicted octanol–water partition coefficient (Wildman–Crippen LogP) is 14.6. The summed E-state index contributed by atoms with van der Waals surface area (Å²) < 4.78 is 9.36. The van der Waals surface area contributed by atoms with Crippen LogP contribution in [-0.2, 0) is 0 Å². The first-order valence-electron chi connectivity index (χ1n) is 18.8. The van der Waals surface area contributed by atoms with Gasteiger partial charge in [-0.1, -0.05) is 146 Å². The Morgan fingerprint density at radius 1 is 0.382 bits per heavy atom. The number of fused-ring (bicyclic) bond motifs is 8. The van der Waals surface area contributed by atoms with Crippen LogP contribution in [0.3, 0.4) is 0 Å². The maximum Gasteiger partial charge on any atom is 0.161 e. The minimum absolute atomic E-state index is 0.875. The lowest BCUT2D eigenvalue weighted by molar-refractivity contribution is 0.674. The average molecular weight is 703 g/mol. The van der Waals surface area contributed by atoms with Gasteiger partial charge >= 0.3 is 0 Å². The van der Waals surface area contributed by atoms with E-state index in [-0.39, 0.29) is 0 Å². The molecule has 0 unspecified atom stereocenters. The van der Waals surface area contributed by atoms with Gasteiger partial charge in [0.1, 0.15) is 11.1 Å². The second-order valence-corrected chi connectivity index (χ2v) is 14.1. The van der Waals surface area contributed by atoms with E-state index < -0.39 is 0 Å². The summed E-state index contributed by atoms with van der Waals surface area (Å²) in [6, 6.07) is 73.8. The fourth-order valence-corrected chi connectivity index (χ4v) is 8.45. The van der Waals surface area contributed by atoms with E-state index in [1.807, 2.05) is 0 Å². The molecule has 0 N–H and O–H groups in total. The van der Waals surface area contributed by atoms with Crippen molar-refractivity contribution < 1.29 is 4.42 Å². The van der Waals surface area contributed by atoms with Gasteiger partial charge in [-0.15, -0.1) is 0 Å². The summed E-state index contributed by atoms with van der Waals surface area (Å²) in [7, 11) is 0. The molecule has 9 aromatic carbocycles. The SMILES string of the molecule is c1ccc(-c2ccc(N(c3ccc4c(ccc5ccccc54)c3)c3ccccc3-c3cccc4c3oc3c5ccccc5n(-c5ccccc5)c43)cc2)cc1. The molecular weight excluding hydrogens is 669 g/mol. The number of rotatable bonds is 6. The van der Waals surface area contributed by atoms with Gasteiger partial charge in [-0.3, -0.25) is 0 Å². The first-order valence-corrected chi connectivity index (χ1v) is 18.8. The van der Waals surface area contributed by atoms with Crippen LogP contribution < -0.4 is 4.90 Å². The van der Waals surface area contributed by atoms with Crippen molar-refractivity contribution in [3.05, 3.63) is 206 Å². The van der Waals surface area contributed by atoms with Crippen molar-refractivity contribution in [1.82, 2.24) is 4.57 Å². The van der Waals surface area contributed by atoms with E-state index in [2.05, 4.69) is 216 Å². The van der Waals surface area contributed by atoms with E-state index in [1.54, 1.807) is 0 Å². The molecular formula is C52H34N2O. The summed E-state index contributed by atoms with van der Waals surface area (Å²) in [6.07, 6.45) is 0. The van der Waals surface area contributed by atoms with E-state index in [1.165, 1.54) is 32.7 Å². The Morgan fingerprint density at radius 3 is 1.85 bits per heavy atom. The highest BCUT2D eigenvalue weighted by molar-refractivity contribution is 6.19. The summed E-state index contributed by atoms with van der Waals surface area (Å²) in [6.45, 7) is 0. The zero-order valence-electron chi connectivity index (χ0n) is 29.9. The lowest BCUT2D eigenvalue weighted by Gasteiger charge is -2.28. The zero-order chi connectivity index (χ0) is 36.3. The molecule has 2 heterocycles. The Bertz CT molecular complexity index is 3190. The number of para-hydroxylation sites is 4. The summed E-state index contributed by atoms with van der Waals surface area (Å²) in [5, 5.41) is 7.12. The molecule has 0 fully saturated rings. The van der Waals surface area contributed by atoms with Crippen LogP contribution in [0.5, 0.6) is 0 Å². The van der Waals surface area contributed by atoms with Gasteiger partial charge in [-0.05, 0) is 93.3 Å². The molecule has 0 bridgehead atoms. The summed E-state index contributed by atoms with van der Waals surface area (Å²) >= 11 is 0. The number of aromatic nitrogens is 1. The second-order valence-electron chi connectivity index (χ2n) is 14.1. The monoisotopic (exact) mass is 702 g/mol. The lowest BCUT2D eigenvalue weighted by atomic mass is 9.98. The first-order chi connectivity index (χ1) is 27.3. The standard InChI is InChI=1S/C52H34N2O/c1-3-14-35(15-4-1)36-28-30-40(31-29-36)53(41-32-33-43-38(34-41)27-26-37-16-7-8-19-42(37)43)48-24-11-9-20-44(48)45-22-13-23-47-50-52(55-51(45)47)46-21-10-12-25-49(46)54(50)39-17-5-2-6-18-39/h1-34H. The normalized spacial score (nSPS) is 11.6. The van der Waals surface area contributed by atoms with Gasteiger partial charge in [0.2, 0.25) is 0 Å². The largest absolute Gasteiger partial charge is 0.453 e. The summed E-state index contributed by atoms with van der Waals surface area (Å²) in [4.78, 5) is 2.39. The van der Waals surface area contributed by atoms with E-state index in [4.69, 9.17) is 4.42 Å². The highest BCUT2D eigenvalue weighted by Crippen LogP contribution is 2.47. The van der Waals surface area contributed by atoms with Crippen LogP contribution in [0.25, 0.3) is 82.5 Å². The molecule has 0 radical (unpaired) electrons. The minimum atomic E-state index is 0.875. The number of hydrogen-bond acceptors (Lipinski definition) is 2. The van der Waals surface area contributed by atoms with Gasteiger partial charge in [-0.2, -0.15) is 0 Å². The zero-order valence-corrected chi connectivity index (χ0v) is 29.9. The molecule has 0 amide bonds. The van der Waals surface area contributed by atoms with Crippen LogP contribution in [0.15, 0.2) is 211 Å². The molecule has 55 heavy (non-hydrogen) atoms. The quantitative estimate of drug-likeness (QED) is 0.161. The Morgan fingerprint density at radius 2 is 1.00 bits per heavy atom. The van der Waals surface area contributed by atoms with Crippen molar-refractivity contribution in [2.75, 3.05) is 4.90 Å². The average Bonchev–Trinajstić information content (AvgIpc) is 3.80. The molecule has 0 aliphatic carbocycles. The smallest absolute Gasteiger partial charge is 0.161 e. The molecule has 3 heteroatoms. The molecule has 0 aliphatic heterocycles. The number of nitrogens with zero attached hydrogens (tertiary/aromatic N) is 2. The first kappa shape index (κ1) is 31.2. The van der Waals surface area contributed by atoms with Crippen LogP contribution in [0.4, 0.5) is 17.1 Å². The van der Waals surface area contributed by atoms with Gasteiger partial charge < -0.3 is 13.9 Å². The number of furan rings is 1. The number of benzene rings is 9. The third kappa shape index (κ3) is 5.05. The second kappa shape index (κ2) is 12.6. The molecule has 258 valence electrons. The van der Waals surface area contributed by atoms with Crippen LogP contribution in [-0.4, -0.2) is 4.57 Å². The van der Waals surface area contributed by atoms with Crippen molar-refractivity contribution in [3.63, 3.8) is 0 Å². The van der Waals surface area contributed by atoms with Gasteiger partial charge in [0, 0.05) is 39.0 Å². The van der Waals surface area contributed by atoms with Crippen molar-refractivity contribution in [2.45, 2.75) is 0 Å². The summed E-state index contributed by atoms with van der Waals surface area (Å²) in [5.74, 6) is 0. The Kier molecular flexibility index (Phi) is 7.17. The summed E-state index contributed by atoms with van der Waals surface area (Å²) in [5.41, 5.74) is 12.8. The van der Waals surface area contributed by atoms with E-state index >= 15 is 0 Å². The Hall–Kier alpha value is -7.36. The maximum atomic E-state index is 7.02. The fourth-order valence-electron chi connectivity index (χ4n) is 8.45. The van der Waals surface area contributed by atoms with Crippen molar-refractivity contribution in [2.24, 2.45) is 0 Å².